The molecule has 0 bridgehead atoms. The van der Waals surface area contributed by atoms with E-state index in [4.69, 9.17) is 0 Å². The molecule has 6 nitrogen and oxygen atoms in total. The van der Waals surface area contributed by atoms with Gasteiger partial charge in [0, 0.05) is 45.8 Å². The fraction of sp³-hybridized carbons (Fsp3) is 0.519. The van der Waals surface area contributed by atoms with E-state index in [0.717, 1.165) is 31.5 Å². The average Bonchev–Trinajstić information content (AvgIpc) is 3.41. The van der Waals surface area contributed by atoms with E-state index in [1.54, 1.807) is 0 Å². The summed E-state index contributed by atoms with van der Waals surface area (Å²) in [5.41, 5.74) is -2.06. The molecule has 2 fully saturated rings. The molecule has 214 valence electrons. The number of alkyl halides is 6. The van der Waals surface area contributed by atoms with Gasteiger partial charge in [0.25, 0.3) is 0 Å². The summed E-state index contributed by atoms with van der Waals surface area (Å²) in [6.45, 7) is 3.08. The highest BCUT2D eigenvalue weighted by Crippen LogP contribution is 2.36. The van der Waals surface area contributed by atoms with Gasteiger partial charge in [-0.2, -0.15) is 26.3 Å². The Morgan fingerprint density at radius 3 is 2.08 bits per heavy atom. The molecule has 2 aliphatic rings. The standard InChI is InChI=1S/C27H33F6N5O/c1-37(12-7-18-15-20(26(28,29)30)17-21(16-18)27(31,32)33)24(39)23(19-5-3-2-4-6-19)38-13-8-22(9-14-38)36-25-34-10-11-35-25/h2-6,15-17,22-23,25,34-36H,7-14H2,1H3. The van der Waals surface area contributed by atoms with Crippen molar-refractivity contribution in [1.29, 1.82) is 0 Å². The molecule has 4 rings (SSSR count). The van der Waals surface area contributed by atoms with Crippen molar-refractivity contribution in [3.05, 3.63) is 70.8 Å². The first-order valence-electron chi connectivity index (χ1n) is 13.0. The van der Waals surface area contributed by atoms with Gasteiger partial charge in [-0.25, -0.2) is 0 Å². The number of likely N-dealkylation sites (tertiary alicyclic amines) is 1. The summed E-state index contributed by atoms with van der Waals surface area (Å²) in [5.74, 6) is -0.255. The molecule has 12 heteroatoms. The van der Waals surface area contributed by atoms with E-state index in [2.05, 4.69) is 20.9 Å². The lowest BCUT2D eigenvalue weighted by Gasteiger charge is -2.39. The number of carbonyl (C=O) groups is 1. The Morgan fingerprint density at radius 2 is 1.54 bits per heavy atom. The molecule has 1 amide bonds. The average molecular weight is 558 g/mol. The van der Waals surface area contributed by atoms with Crippen molar-refractivity contribution >= 4 is 5.91 Å². The molecule has 0 aromatic heterocycles. The van der Waals surface area contributed by atoms with E-state index < -0.39 is 29.5 Å². The number of likely N-dealkylation sites (N-methyl/N-ethyl adjacent to an activating group) is 1. The second-order valence-electron chi connectivity index (χ2n) is 10.1. The predicted molar refractivity (Wildman–Crippen MR) is 134 cm³/mol. The van der Waals surface area contributed by atoms with E-state index in [1.807, 2.05) is 30.3 Å². The van der Waals surface area contributed by atoms with E-state index >= 15 is 0 Å². The number of halogens is 6. The van der Waals surface area contributed by atoms with Gasteiger partial charge in [-0.15, -0.1) is 0 Å². The van der Waals surface area contributed by atoms with Crippen LogP contribution in [0.1, 0.15) is 41.1 Å². The van der Waals surface area contributed by atoms with E-state index in [-0.39, 0.29) is 42.8 Å². The van der Waals surface area contributed by atoms with Gasteiger partial charge in [0.05, 0.1) is 11.1 Å². The molecule has 2 aliphatic heterocycles. The SMILES string of the molecule is CN(CCc1cc(C(F)(F)F)cc(C(F)(F)F)c1)C(=O)C(c1ccccc1)N1CCC(NC2NCCN2)CC1. The van der Waals surface area contributed by atoms with Crippen LogP contribution in [0.25, 0.3) is 0 Å². The van der Waals surface area contributed by atoms with E-state index in [1.165, 1.54) is 11.9 Å². The Kier molecular flexibility index (Phi) is 9.20. The summed E-state index contributed by atoms with van der Waals surface area (Å²) < 4.78 is 79.5. The maximum atomic E-state index is 13.7. The van der Waals surface area contributed by atoms with Crippen molar-refractivity contribution < 1.29 is 31.1 Å². The second-order valence-corrected chi connectivity index (χ2v) is 10.1. The van der Waals surface area contributed by atoms with E-state index in [9.17, 15) is 31.1 Å². The molecule has 1 atom stereocenters. The number of rotatable bonds is 8. The van der Waals surface area contributed by atoms with Gasteiger partial charge in [0.2, 0.25) is 5.91 Å². The monoisotopic (exact) mass is 557 g/mol. The van der Waals surface area contributed by atoms with Crippen LogP contribution in [0.4, 0.5) is 26.3 Å². The van der Waals surface area contributed by atoms with Gasteiger partial charge in [-0.1, -0.05) is 30.3 Å². The molecular formula is C27H33F6N5O. The molecule has 2 heterocycles. The highest BCUT2D eigenvalue weighted by molar-refractivity contribution is 5.83. The summed E-state index contributed by atoms with van der Waals surface area (Å²) in [6, 6.07) is 10.4. The zero-order chi connectivity index (χ0) is 28.2. The van der Waals surface area contributed by atoms with Crippen LogP contribution in [0.3, 0.4) is 0 Å². The minimum absolute atomic E-state index is 0.0299. The Balaban J connectivity index is 1.45. The topological polar surface area (TPSA) is 59.6 Å². The number of carbonyl (C=O) groups excluding carboxylic acids is 1. The van der Waals surface area contributed by atoms with Gasteiger partial charge in [0.1, 0.15) is 12.3 Å². The molecule has 0 spiro atoms. The lowest BCUT2D eigenvalue weighted by Crippen LogP contribution is -2.54. The minimum Gasteiger partial charge on any atom is -0.344 e. The van der Waals surface area contributed by atoms with Crippen molar-refractivity contribution in [2.75, 3.05) is 39.8 Å². The lowest BCUT2D eigenvalue weighted by atomic mass is 9.98. The number of nitrogens with one attached hydrogen (secondary N) is 3. The van der Waals surface area contributed by atoms with Crippen molar-refractivity contribution in [1.82, 2.24) is 25.8 Å². The zero-order valence-corrected chi connectivity index (χ0v) is 21.6. The quantitative estimate of drug-likeness (QED) is 0.429. The Bertz CT molecular complexity index is 1060. The smallest absolute Gasteiger partial charge is 0.344 e. The number of piperidine rings is 1. The fourth-order valence-electron chi connectivity index (χ4n) is 5.11. The molecule has 0 saturated carbocycles. The first kappa shape index (κ1) is 29.3. The summed E-state index contributed by atoms with van der Waals surface area (Å²) in [4.78, 5) is 17.1. The van der Waals surface area contributed by atoms with Crippen LogP contribution < -0.4 is 16.0 Å². The zero-order valence-electron chi connectivity index (χ0n) is 21.6. The lowest BCUT2D eigenvalue weighted by molar-refractivity contribution is -0.143. The minimum atomic E-state index is -4.92. The third kappa shape index (κ3) is 7.71. The first-order chi connectivity index (χ1) is 18.4. The Hall–Kier alpha value is -2.67. The van der Waals surface area contributed by atoms with Crippen molar-refractivity contribution in [3.8, 4) is 0 Å². The van der Waals surface area contributed by atoms with Gasteiger partial charge < -0.3 is 4.90 Å². The Labute approximate surface area is 223 Å². The predicted octanol–water partition coefficient (Wildman–Crippen LogP) is 4.00. The van der Waals surface area contributed by atoms with E-state index in [0.29, 0.717) is 25.2 Å². The number of benzene rings is 2. The van der Waals surface area contributed by atoms with Crippen molar-refractivity contribution in [3.63, 3.8) is 0 Å². The van der Waals surface area contributed by atoms with Crippen LogP contribution in [-0.2, 0) is 23.6 Å². The fourth-order valence-corrected chi connectivity index (χ4v) is 5.11. The molecule has 0 radical (unpaired) electrons. The van der Waals surface area contributed by atoms with Gasteiger partial charge >= 0.3 is 12.4 Å². The number of nitrogens with zero attached hydrogens (tertiary/aromatic N) is 2. The first-order valence-corrected chi connectivity index (χ1v) is 13.0. The summed E-state index contributed by atoms with van der Waals surface area (Å²) in [6.07, 6.45) is -8.27. The van der Waals surface area contributed by atoms with Crippen LogP contribution in [0.5, 0.6) is 0 Å². The molecule has 2 aromatic carbocycles. The summed E-state index contributed by atoms with van der Waals surface area (Å²) >= 11 is 0. The molecule has 3 N–H and O–H groups in total. The second kappa shape index (κ2) is 12.2. The highest BCUT2D eigenvalue weighted by atomic mass is 19.4. The molecule has 39 heavy (non-hydrogen) atoms. The van der Waals surface area contributed by atoms with Gasteiger partial charge in [-0.3, -0.25) is 25.6 Å². The van der Waals surface area contributed by atoms with Crippen LogP contribution in [-0.4, -0.2) is 67.8 Å². The molecular weight excluding hydrogens is 524 g/mol. The third-order valence-corrected chi connectivity index (χ3v) is 7.23. The number of amides is 1. The largest absolute Gasteiger partial charge is 0.416 e. The maximum Gasteiger partial charge on any atom is 0.416 e. The molecule has 2 saturated heterocycles. The number of hydrogen-bond acceptors (Lipinski definition) is 5. The molecule has 1 unspecified atom stereocenters. The van der Waals surface area contributed by atoms with Crippen molar-refractivity contribution in [2.45, 2.75) is 50.0 Å². The Morgan fingerprint density at radius 1 is 0.974 bits per heavy atom. The molecule has 0 aliphatic carbocycles. The van der Waals surface area contributed by atoms with Crippen LogP contribution >= 0.6 is 0 Å². The highest BCUT2D eigenvalue weighted by Gasteiger charge is 2.37. The van der Waals surface area contributed by atoms with Gasteiger partial charge in [0.15, 0.2) is 0 Å². The van der Waals surface area contributed by atoms with Crippen LogP contribution in [0.15, 0.2) is 48.5 Å². The summed E-state index contributed by atoms with van der Waals surface area (Å²) in [7, 11) is 1.53. The van der Waals surface area contributed by atoms with Crippen molar-refractivity contribution in [2.24, 2.45) is 0 Å². The normalized spacial score (nSPS) is 18.8. The van der Waals surface area contributed by atoms with Gasteiger partial charge in [-0.05, 0) is 48.6 Å². The third-order valence-electron chi connectivity index (χ3n) is 7.23. The van der Waals surface area contributed by atoms with Crippen LogP contribution in [0, 0.1) is 0 Å². The summed E-state index contributed by atoms with van der Waals surface area (Å²) in [5, 5.41) is 10.2. The van der Waals surface area contributed by atoms with Crippen LogP contribution in [0.2, 0.25) is 0 Å². The number of hydrogen-bond donors (Lipinski definition) is 3. The molecule has 2 aromatic rings. The maximum absolute atomic E-state index is 13.7.